The third-order valence-corrected chi connectivity index (χ3v) is 6.80. The number of carbonyl (C=O) groups excluding carboxylic acids is 1. The molecule has 1 fully saturated rings. The van der Waals surface area contributed by atoms with Gasteiger partial charge in [0.1, 0.15) is 5.82 Å². The molecule has 0 radical (unpaired) electrons. The zero-order chi connectivity index (χ0) is 21.0. The van der Waals surface area contributed by atoms with Crippen LogP contribution in [0, 0.1) is 12.7 Å². The Labute approximate surface area is 170 Å². The summed E-state index contributed by atoms with van der Waals surface area (Å²) >= 11 is 0. The highest BCUT2D eigenvalue weighted by Gasteiger charge is 2.26. The molecule has 2 aromatic rings. The number of sulfonamides is 1. The Morgan fingerprint density at radius 3 is 2.41 bits per heavy atom. The van der Waals surface area contributed by atoms with Gasteiger partial charge in [-0.1, -0.05) is 12.1 Å². The lowest BCUT2D eigenvalue weighted by atomic mass is 10.1. The maximum atomic E-state index is 13.0. The first-order valence-corrected chi connectivity index (χ1v) is 10.9. The Hall–Kier alpha value is -2.29. The molecule has 3 rings (SSSR count). The number of carbonyl (C=O) groups is 1. The first-order valence-electron chi connectivity index (χ1n) is 9.46. The summed E-state index contributed by atoms with van der Waals surface area (Å²) < 4.78 is 46.1. The maximum absolute atomic E-state index is 13.0. The van der Waals surface area contributed by atoms with Gasteiger partial charge >= 0.3 is 5.97 Å². The molecule has 0 unspecified atom stereocenters. The molecule has 8 heteroatoms. The van der Waals surface area contributed by atoms with E-state index < -0.39 is 16.0 Å². The largest absolute Gasteiger partial charge is 0.465 e. The molecule has 0 bridgehead atoms. The summed E-state index contributed by atoms with van der Waals surface area (Å²) in [5.74, 6) is -0.754. The van der Waals surface area contributed by atoms with Gasteiger partial charge in [-0.05, 0) is 61.2 Å². The minimum atomic E-state index is -3.68. The van der Waals surface area contributed by atoms with E-state index in [-0.39, 0.29) is 16.8 Å². The second-order valence-corrected chi connectivity index (χ2v) is 8.95. The number of ether oxygens (including phenoxy) is 1. The van der Waals surface area contributed by atoms with Crippen LogP contribution in [0.4, 0.5) is 4.39 Å². The number of hydrogen-bond acceptors (Lipinski definition) is 5. The summed E-state index contributed by atoms with van der Waals surface area (Å²) in [4.78, 5) is 14.0. The van der Waals surface area contributed by atoms with Crippen molar-refractivity contribution >= 4 is 16.0 Å². The molecular weight excluding hydrogens is 395 g/mol. The monoisotopic (exact) mass is 420 g/mol. The fourth-order valence-corrected chi connectivity index (χ4v) is 5.07. The third-order valence-electron chi connectivity index (χ3n) is 5.11. The number of halogens is 1. The van der Waals surface area contributed by atoms with Crippen molar-refractivity contribution < 1.29 is 22.3 Å². The van der Waals surface area contributed by atoms with Crippen LogP contribution in [0.3, 0.4) is 0 Å². The zero-order valence-electron chi connectivity index (χ0n) is 16.5. The van der Waals surface area contributed by atoms with Gasteiger partial charge in [-0.3, -0.25) is 4.90 Å². The highest BCUT2D eigenvalue weighted by Crippen LogP contribution is 2.20. The van der Waals surface area contributed by atoms with Crippen LogP contribution in [0.25, 0.3) is 0 Å². The lowest BCUT2D eigenvalue weighted by Crippen LogP contribution is -2.44. The normalized spacial score (nSPS) is 16.0. The molecule has 0 saturated carbocycles. The fourth-order valence-electron chi connectivity index (χ4n) is 3.54. The van der Waals surface area contributed by atoms with Crippen LogP contribution in [0.15, 0.2) is 47.4 Å². The number of piperidine rings is 1. The summed E-state index contributed by atoms with van der Waals surface area (Å²) in [5, 5.41) is 0. The van der Waals surface area contributed by atoms with E-state index in [0.29, 0.717) is 30.5 Å². The van der Waals surface area contributed by atoms with Crippen LogP contribution in [-0.2, 0) is 21.3 Å². The minimum absolute atomic E-state index is 0.149. The molecule has 1 aliphatic heterocycles. The van der Waals surface area contributed by atoms with Crippen molar-refractivity contribution in [1.82, 2.24) is 9.62 Å². The highest BCUT2D eigenvalue weighted by molar-refractivity contribution is 7.89. The molecule has 0 aliphatic carbocycles. The average molecular weight is 421 g/mol. The lowest BCUT2D eigenvalue weighted by Gasteiger charge is -2.32. The second-order valence-electron chi connectivity index (χ2n) is 7.27. The Bertz CT molecular complexity index is 969. The maximum Gasteiger partial charge on any atom is 0.337 e. The van der Waals surface area contributed by atoms with Crippen molar-refractivity contribution in [2.24, 2.45) is 0 Å². The summed E-state index contributed by atoms with van der Waals surface area (Å²) in [6.07, 6.45) is 1.39. The number of hydrogen-bond donors (Lipinski definition) is 1. The number of esters is 1. The molecule has 2 aromatic carbocycles. The molecule has 0 aromatic heterocycles. The lowest BCUT2D eigenvalue weighted by molar-refractivity contribution is 0.0600. The first kappa shape index (κ1) is 21.4. The van der Waals surface area contributed by atoms with Crippen LogP contribution in [0.1, 0.15) is 34.3 Å². The highest BCUT2D eigenvalue weighted by atomic mass is 32.2. The fraction of sp³-hybridized carbons (Fsp3) is 0.381. The smallest absolute Gasteiger partial charge is 0.337 e. The van der Waals surface area contributed by atoms with E-state index in [1.54, 1.807) is 19.1 Å². The molecule has 1 N–H and O–H groups in total. The molecule has 1 saturated heterocycles. The van der Waals surface area contributed by atoms with E-state index in [0.717, 1.165) is 18.7 Å². The molecule has 29 heavy (non-hydrogen) atoms. The molecular formula is C21H25FN2O4S. The average Bonchev–Trinajstić information content (AvgIpc) is 2.70. The van der Waals surface area contributed by atoms with Crippen molar-refractivity contribution in [2.45, 2.75) is 37.2 Å². The van der Waals surface area contributed by atoms with Gasteiger partial charge in [-0.25, -0.2) is 22.3 Å². The quantitative estimate of drug-likeness (QED) is 0.728. The standard InChI is InChI=1S/C21H25FN2O4S/c1-15-13-17(21(25)28-2)5-8-20(15)29(26,27)23-19-9-11-24(12-10-19)14-16-3-6-18(22)7-4-16/h3-8,13,19,23H,9-12,14H2,1-2H3. The minimum Gasteiger partial charge on any atom is -0.465 e. The predicted octanol–water partition coefficient (Wildman–Crippen LogP) is 2.86. The zero-order valence-corrected chi connectivity index (χ0v) is 17.3. The molecule has 1 heterocycles. The van der Waals surface area contributed by atoms with Crippen LogP contribution >= 0.6 is 0 Å². The van der Waals surface area contributed by atoms with E-state index in [2.05, 4.69) is 14.4 Å². The molecule has 6 nitrogen and oxygen atoms in total. The number of rotatable bonds is 6. The molecule has 0 atom stereocenters. The molecule has 156 valence electrons. The van der Waals surface area contributed by atoms with E-state index in [1.165, 1.54) is 37.4 Å². The van der Waals surface area contributed by atoms with Crippen molar-refractivity contribution in [3.05, 3.63) is 65.0 Å². The number of benzene rings is 2. The number of aryl methyl sites for hydroxylation is 1. The van der Waals surface area contributed by atoms with Gasteiger partial charge in [0.25, 0.3) is 0 Å². The van der Waals surface area contributed by atoms with Crippen LogP contribution in [0.5, 0.6) is 0 Å². The number of methoxy groups -OCH3 is 1. The Kier molecular flexibility index (Phi) is 6.66. The van der Waals surface area contributed by atoms with Gasteiger partial charge in [0.15, 0.2) is 0 Å². The van der Waals surface area contributed by atoms with Crippen LogP contribution < -0.4 is 4.72 Å². The Morgan fingerprint density at radius 1 is 1.17 bits per heavy atom. The first-order chi connectivity index (χ1) is 13.8. The van der Waals surface area contributed by atoms with Gasteiger partial charge in [-0.15, -0.1) is 0 Å². The van der Waals surface area contributed by atoms with Gasteiger partial charge in [0, 0.05) is 25.7 Å². The van der Waals surface area contributed by atoms with Gasteiger partial charge in [0.2, 0.25) is 10.0 Å². The predicted molar refractivity (Wildman–Crippen MR) is 108 cm³/mol. The number of nitrogens with zero attached hydrogens (tertiary/aromatic N) is 1. The van der Waals surface area contributed by atoms with Crippen LogP contribution in [-0.4, -0.2) is 45.5 Å². The summed E-state index contributed by atoms with van der Waals surface area (Å²) in [5.41, 5.74) is 1.85. The molecule has 0 spiro atoms. The van der Waals surface area contributed by atoms with Crippen molar-refractivity contribution in [1.29, 1.82) is 0 Å². The number of likely N-dealkylation sites (tertiary alicyclic amines) is 1. The second kappa shape index (κ2) is 9.02. The third kappa shape index (κ3) is 5.41. The molecule has 0 amide bonds. The van der Waals surface area contributed by atoms with E-state index in [4.69, 9.17) is 0 Å². The topological polar surface area (TPSA) is 75.7 Å². The van der Waals surface area contributed by atoms with Crippen LogP contribution in [0.2, 0.25) is 0 Å². The SMILES string of the molecule is COC(=O)c1ccc(S(=O)(=O)NC2CCN(Cc3ccc(F)cc3)CC2)c(C)c1. The van der Waals surface area contributed by atoms with Crippen molar-refractivity contribution in [3.8, 4) is 0 Å². The summed E-state index contributed by atoms with van der Waals surface area (Å²) in [7, 11) is -2.40. The van der Waals surface area contributed by atoms with Gasteiger partial charge in [0.05, 0.1) is 17.6 Å². The van der Waals surface area contributed by atoms with Crippen molar-refractivity contribution in [2.75, 3.05) is 20.2 Å². The van der Waals surface area contributed by atoms with Crippen molar-refractivity contribution in [3.63, 3.8) is 0 Å². The van der Waals surface area contributed by atoms with Gasteiger partial charge < -0.3 is 4.74 Å². The van der Waals surface area contributed by atoms with Gasteiger partial charge in [-0.2, -0.15) is 0 Å². The summed E-state index contributed by atoms with van der Waals surface area (Å²) in [6.45, 7) is 3.88. The van der Waals surface area contributed by atoms with E-state index in [1.807, 2.05) is 0 Å². The van der Waals surface area contributed by atoms with E-state index >= 15 is 0 Å². The Morgan fingerprint density at radius 2 is 1.83 bits per heavy atom. The number of nitrogens with one attached hydrogen (secondary N) is 1. The summed E-state index contributed by atoms with van der Waals surface area (Å²) in [6, 6.07) is 10.7. The Balaban J connectivity index is 1.59. The van der Waals surface area contributed by atoms with E-state index in [9.17, 15) is 17.6 Å². The molecule has 1 aliphatic rings.